The average molecular weight is 259 g/mol. The number of rotatable bonds is 5. The van der Waals surface area contributed by atoms with Gasteiger partial charge in [0.1, 0.15) is 11.3 Å². The molecule has 0 aliphatic rings. The smallest absolute Gasteiger partial charge is 0.209 e. The maximum Gasteiger partial charge on any atom is 0.209 e. The number of oxazole rings is 1. The zero-order valence-corrected chi connectivity index (χ0v) is 10.1. The monoisotopic (exact) mass is 258 g/mol. The fraction of sp³-hybridized carbons (Fsp3) is 0.364. The molecular formula is C11H12ClFN2O2. The van der Waals surface area contributed by atoms with Gasteiger partial charge < -0.3 is 14.5 Å². The summed E-state index contributed by atoms with van der Waals surface area (Å²) in [6.45, 7) is 1.78. The Hall–Kier alpha value is -1.17. The second-order valence-electron chi connectivity index (χ2n) is 3.51. The van der Waals surface area contributed by atoms with E-state index in [1.54, 1.807) is 7.11 Å². The molecule has 92 valence electrons. The highest BCUT2D eigenvalue weighted by molar-refractivity contribution is 6.31. The number of nitrogens with one attached hydrogen (secondary N) is 1. The van der Waals surface area contributed by atoms with Crippen molar-refractivity contribution in [3.63, 3.8) is 0 Å². The minimum atomic E-state index is -0.505. The maximum absolute atomic E-state index is 13.2. The molecule has 6 heteroatoms. The van der Waals surface area contributed by atoms with E-state index in [9.17, 15) is 4.39 Å². The van der Waals surface area contributed by atoms with E-state index in [2.05, 4.69) is 10.3 Å². The molecule has 0 aliphatic carbocycles. The van der Waals surface area contributed by atoms with Crippen LogP contribution in [0.3, 0.4) is 0 Å². The van der Waals surface area contributed by atoms with E-state index < -0.39 is 5.82 Å². The topological polar surface area (TPSA) is 47.3 Å². The molecule has 0 saturated carbocycles. The summed E-state index contributed by atoms with van der Waals surface area (Å²) in [5.41, 5.74) is 0.954. The van der Waals surface area contributed by atoms with Crippen molar-refractivity contribution in [1.82, 2.24) is 10.3 Å². The van der Waals surface area contributed by atoms with Crippen LogP contribution in [0.5, 0.6) is 0 Å². The van der Waals surface area contributed by atoms with Gasteiger partial charge in [-0.1, -0.05) is 11.6 Å². The van der Waals surface area contributed by atoms with Crippen molar-refractivity contribution in [3.8, 4) is 0 Å². The van der Waals surface area contributed by atoms with Crippen LogP contribution in [-0.4, -0.2) is 25.2 Å². The van der Waals surface area contributed by atoms with Crippen molar-refractivity contribution in [3.05, 3.63) is 28.9 Å². The molecule has 0 radical (unpaired) electrons. The van der Waals surface area contributed by atoms with Crippen LogP contribution in [0.15, 0.2) is 16.5 Å². The number of fused-ring (bicyclic) bond motifs is 1. The lowest BCUT2D eigenvalue weighted by Gasteiger charge is -1.99. The second-order valence-corrected chi connectivity index (χ2v) is 3.92. The summed E-state index contributed by atoms with van der Waals surface area (Å²) < 4.78 is 23.4. The van der Waals surface area contributed by atoms with Crippen LogP contribution in [0.2, 0.25) is 5.02 Å². The Kier molecular flexibility index (Phi) is 3.93. The summed E-state index contributed by atoms with van der Waals surface area (Å²) in [6.07, 6.45) is 0. The predicted octanol–water partition coefficient (Wildman–Crippen LogP) is 2.36. The fourth-order valence-electron chi connectivity index (χ4n) is 1.42. The van der Waals surface area contributed by atoms with Gasteiger partial charge >= 0.3 is 0 Å². The third-order valence-corrected chi connectivity index (χ3v) is 2.52. The number of halogens is 2. The molecule has 0 aliphatic heterocycles. The van der Waals surface area contributed by atoms with E-state index >= 15 is 0 Å². The Bertz CT molecular complexity index is 476. The van der Waals surface area contributed by atoms with Gasteiger partial charge in [0.15, 0.2) is 5.58 Å². The molecule has 2 rings (SSSR count). The molecule has 4 nitrogen and oxygen atoms in total. The Balaban J connectivity index is 2.09. The Morgan fingerprint density at radius 3 is 3.12 bits per heavy atom. The van der Waals surface area contributed by atoms with Gasteiger partial charge in [0, 0.05) is 19.7 Å². The van der Waals surface area contributed by atoms with Crippen LogP contribution in [0.25, 0.3) is 11.1 Å². The number of nitrogens with zero attached hydrogens (tertiary/aromatic N) is 1. The van der Waals surface area contributed by atoms with Crippen molar-refractivity contribution in [2.24, 2.45) is 0 Å². The zero-order valence-electron chi connectivity index (χ0n) is 9.30. The van der Waals surface area contributed by atoms with Crippen molar-refractivity contribution >= 4 is 22.7 Å². The molecule has 17 heavy (non-hydrogen) atoms. The Morgan fingerprint density at radius 2 is 2.35 bits per heavy atom. The van der Waals surface area contributed by atoms with Crippen molar-refractivity contribution < 1.29 is 13.5 Å². The maximum atomic E-state index is 13.2. The first-order valence-electron chi connectivity index (χ1n) is 5.15. The number of hydrogen-bond acceptors (Lipinski definition) is 4. The molecule has 0 spiro atoms. The molecular weight excluding hydrogens is 247 g/mol. The summed E-state index contributed by atoms with van der Waals surface area (Å²) in [4.78, 5) is 4.19. The molecule has 1 aromatic carbocycles. The first-order valence-corrected chi connectivity index (χ1v) is 5.52. The third kappa shape index (κ3) is 2.94. The van der Waals surface area contributed by atoms with Crippen LogP contribution in [0.4, 0.5) is 4.39 Å². The highest BCUT2D eigenvalue weighted by atomic mass is 35.5. The lowest BCUT2D eigenvalue weighted by molar-refractivity contribution is 0.198. The average Bonchev–Trinajstić information content (AvgIpc) is 2.67. The van der Waals surface area contributed by atoms with Gasteiger partial charge in [-0.25, -0.2) is 9.37 Å². The van der Waals surface area contributed by atoms with Crippen molar-refractivity contribution in [2.45, 2.75) is 6.54 Å². The molecule has 1 N–H and O–H groups in total. The van der Waals surface area contributed by atoms with E-state index in [0.717, 1.165) is 0 Å². The van der Waals surface area contributed by atoms with E-state index in [0.29, 0.717) is 36.7 Å². The second kappa shape index (κ2) is 5.44. The van der Waals surface area contributed by atoms with Crippen molar-refractivity contribution in [2.75, 3.05) is 20.3 Å². The molecule has 0 bridgehead atoms. The van der Waals surface area contributed by atoms with Crippen LogP contribution < -0.4 is 5.32 Å². The van der Waals surface area contributed by atoms with Crippen LogP contribution >= 0.6 is 11.6 Å². The SMILES string of the molecule is COCCNCc1nc2cc(Cl)c(F)cc2o1. The lowest BCUT2D eigenvalue weighted by atomic mass is 10.3. The molecule has 0 fully saturated rings. The van der Waals surface area contributed by atoms with Gasteiger partial charge in [-0.3, -0.25) is 0 Å². The van der Waals surface area contributed by atoms with Crippen LogP contribution in [0.1, 0.15) is 5.89 Å². The quantitative estimate of drug-likeness (QED) is 0.837. The molecule has 0 unspecified atom stereocenters. The normalized spacial score (nSPS) is 11.2. The van der Waals surface area contributed by atoms with E-state index in [1.807, 2.05) is 0 Å². The minimum Gasteiger partial charge on any atom is -0.439 e. The van der Waals surface area contributed by atoms with Gasteiger partial charge in [0.05, 0.1) is 18.2 Å². The van der Waals surface area contributed by atoms with Gasteiger partial charge in [-0.05, 0) is 6.07 Å². The summed E-state index contributed by atoms with van der Waals surface area (Å²) in [7, 11) is 1.63. The molecule has 2 aromatic rings. The molecule has 1 heterocycles. The largest absolute Gasteiger partial charge is 0.439 e. The van der Waals surface area contributed by atoms with Gasteiger partial charge in [-0.2, -0.15) is 0 Å². The standard InChI is InChI=1S/C11H12ClFN2O2/c1-16-3-2-14-6-11-15-9-4-7(12)8(13)5-10(9)17-11/h4-5,14H,2-3,6H2,1H3. The minimum absolute atomic E-state index is 0.0460. The number of methoxy groups -OCH3 is 1. The third-order valence-electron chi connectivity index (χ3n) is 2.23. The summed E-state index contributed by atoms with van der Waals surface area (Å²) in [5, 5.41) is 3.13. The van der Waals surface area contributed by atoms with Crippen molar-refractivity contribution in [1.29, 1.82) is 0 Å². The number of hydrogen-bond donors (Lipinski definition) is 1. The number of ether oxygens (including phenoxy) is 1. The summed E-state index contributed by atoms with van der Waals surface area (Å²) >= 11 is 5.65. The summed E-state index contributed by atoms with van der Waals surface area (Å²) in [6, 6.07) is 2.69. The highest BCUT2D eigenvalue weighted by Gasteiger charge is 2.09. The van der Waals surface area contributed by atoms with Crippen LogP contribution in [0, 0.1) is 5.82 Å². The van der Waals surface area contributed by atoms with E-state index in [1.165, 1.54) is 12.1 Å². The number of aromatic nitrogens is 1. The molecule has 0 amide bonds. The zero-order chi connectivity index (χ0) is 12.3. The van der Waals surface area contributed by atoms with Gasteiger partial charge in [0.2, 0.25) is 5.89 Å². The fourth-order valence-corrected chi connectivity index (χ4v) is 1.57. The van der Waals surface area contributed by atoms with E-state index in [-0.39, 0.29) is 5.02 Å². The first kappa shape index (κ1) is 12.3. The molecule has 0 atom stereocenters. The Morgan fingerprint density at radius 1 is 1.53 bits per heavy atom. The first-order chi connectivity index (χ1) is 8.20. The van der Waals surface area contributed by atoms with Crippen LogP contribution in [-0.2, 0) is 11.3 Å². The lowest BCUT2D eigenvalue weighted by Crippen LogP contribution is -2.18. The highest BCUT2D eigenvalue weighted by Crippen LogP contribution is 2.23. The molecule has 1 aromatic heterocycles. The Labute approximate surface area is 103 Å². The summed E-state index contributed by atoms with van der Waals surface area (Å²) in [5.74, 6) is -0.00743. The van der Waals surface area contributed by atoms with Gasteiger partial charge in [-0.15, -0.1) is 0 Å². The number of benzene rings is 1. The molecule has 0 saturated heterocycles. The van der Waals surface area contributed by atoms with E-state index in [4.69, 9.17) is 20.8 Å². The predicted molar refractivity (Wildman–Crippen MR) is 62.6 cm³/mol. The van der Waals surface area contributed by atoms with Gasteiger partial charge in [0.25, 0.3) is 0 Å².